The fourth-order valence-electron chi connectivity index (χ4n) is 2.72. The summed E-state index contributed by atoms with van der Waals surface area (Å²) in [6.45, 7) is 0.979. The van der Waals surface area contributed by atoms with E-state index in [0.29, 0.717) is 23.6 Å². The monoisotopic (exact) mass is 504 g/mol. The molecule has 8 heteroatoms. The summed E-state index contributed by atoms with van der Waals surface area (Å²) in [5, 5.41) is 19.3. The zero-order valence-electron chi connectivity index (χ0n) is 16.0. The minimum Gasteiger partial charge on any atom is -0.356 e. The van der Waals surface area contributed by atoms with Gasteiger partial charge in [-0.15, -0.1) is 24.0 Å². The van der Waals surface area contributed by atoms with Crippen molar-refractivity contribution in [2.75, 3.05) is 13.6 Å². The lowest BCUT2D eigenvalue weighted by atomic mass is 10.1. The van der Waals surface area contributed by atoms with Crippen molar-refractivity contribution in [1.29, 1.82) is 5.26 Å². The molecule has 1 heterocycles. The topological polar surface area (TPSA) is 78.0 Å². The Morgan fingerprint density at radius 3 is 2.62 bits per heavy atom. The van der Waals surface area contributed by atoms with Crippen LogP contribution in [0.2, 0.25) is 0 Å². The second-order valence-corrected chi connectivity index (χ2v) is 6.14. The van der Waals surface area contributed by atoms with Gasteiger partial charge in [0.2, 0.25) is 0 Å². The van der Waals surface area contributed by atoms with E-state index in [4.69, 9.17) is 5.26 Å². The molecule has 29 heavy (non-hydrogen) atoms. The lowest BCUT2D eigenvalue weighted by Crippen LogP contribution is -2.38. The number of guanidine groups is 1. The van der Waals surface area contributed by atoms with Gasteiger partial charge in [0.1, 0.15) is 5.82 Å². The summed E-state index contributed by atoms with van der Waals surface area (Å²) in [5.74, 6) is 0.191. The Balaban J connectivity index is 0.00000300. The predicted octanol–water partition coefficient (Wildman–Crippen LogP) is 3.41. The molecule has 2 N–H and O–H groups in total. The summed E-state index contributed by atoms with van der Waals surface area (Å²) in [6, 6.07) is 16.5. The van der Waals surface area contributed by atoms with Gasteiger partial charge in [0.05, 0.1) is 17.3 Å². The van der Waals surface area contributed by atoms with E-state index in [-0.39, 0.29) is 30.5 Å². The van der Waals surface area contributed by atoms with Crippen molar-refractivity contribution in [3.63, 3.8) is 0 Å². The van der Waals surface area contributed by atoms with E-state index in [0.717, 1.165) is 12.1 Å². The van der Waals surface area contributed by atoms with Crippen LogP contribution in [0.25, 0.3) is 5.69 Å². The summed E-state index contributed by atoms with van der Waals surface area (Å²) in [7, 11) is 1.67. The quantitative estimate of drug-likeness (QED) is 0.307. The molecule has 0 unspecified atom stereocenters. The number of rotatable bonds is 6. The first-order valence-electron chi connectivity index (χ1n) is 8.91. The first-order chi connectivity index (χ1) is 13.7. The maximum atomic E-state index is 13.9. The third-order valence-electron chi connectivity index (χ3n) is 4.26. The minimum atomic E-state index is -0.403. The van der Waals surface area contributed by atoms with Crippen LogP contribution in [0.5, 0.6) is 0 Å². The first-order valence-corrected chi connectivity index (χ1v) is 8.91. The minimum absolute atomic E-state index is 0. The molecule has 1 aromatic heterocycles. The Labute approximate surface area is 186 Å². The van der Waals surface area contributed by atoms with Crippen LogP contribution < -0.4 is 10.6 Å². The third-order valence-corrected chi connectivity index (χ3v) is 4.26. The molecule has 0 atom stereocenters. The number of aromatic nitrogens is 2. The van der Waals surface area contributed by atoms with Gasteiger partial charge in [-0.25, -0.2) is 9.07 Å². The Morgan fingerprint density at radius 2 is 2.00 bits per heavy atom. The van der Waals surface area contributed by atoms with E-state index < -0.39 is 5.82 Å². The van der Waals surface area contributed by atoms with Crippen LogP contribution >= 0.6 is 24.0 Å². The van der Waals surface area contributed by atoms with Crippen LogP contribution in [0.3, 0.4) is 0 Å². The fraction of sp³-hybridized carbons (Fsp3) is 0.190. The first kappa shape index (κ1) is 22.4. The van der Waals surface area contributed by atoms with E-state index in [2.05, 4.69) is 32.9 Å². The molecule has 6 nitrogen and oxygen atoms in total. The van der Waals surface area contributed by atoms with E-state index in [1.54, 1.807) is 25.4 Å². The highest BCUT2D eigenvalue weighted by Gasteiger charge is 2.05. The molecule has 3 rings (SSSR count). The molecular formula is C21H22FIN6. The summed E-state index contributed by atoms with van der Waals surface area (Å²) in [6.07, 6.45) is 4.48. The van der Waals surface area contributed by atoms with Gasteiger partial charge in [0.15, 0.2) is 5.96 Å². The molecule has 0 saturated carbocycles. The van der Waals surface area contributed by atoms with Crippen molar-refractivity contribution in [2.45, 2.75) is 13.0 Å². The van der Waals surface area contributed by atoms with Gasteiger partial charge in [0, 0.05) is 38.1 Å². The number of aliphatic imine (C=N–C) groups is 1. The summed E-state index contributed by atoms with van der Waals surface area (Å²) >= 11 is 0. The van der Waals surface area contributed by atoms with Gasteiger partial charge in [0.25, 0.3) is 0 Å². The summed E-state index contributed by atoms with van der Waals surface area (Å²) in [5.41, 5.74) is 3.00. The predicted molar refractivity (Wildman–Crippen MR) is 122 cm³/mol. The van der Waals surface area contributed by atoms with Crippen LogP contribution in [0, 0.1) is 17.1 Å². The van der Waals surface area contributed by atoms with E-state index in [1.165, 1.54) is 11.6 Å². The fourth-order valence-corrected chi connectivity index (χ4v) is 2.72. The second kappa shape index (κ2) is 11.2. The van der Waals surface area contributed by atoms with Crippen LogP contribution in [0.15, 0.2) is 65.9 Å². The lowest BCUT2D eigenvalue weighted by molar-refractivity contribution is 0.604. The molecule has 2 aromatic carbocycles. The van der Waals surface area contributed by atoms with Gasteiger partial charge >= 0.3 is 0 Å². The Bertz CT molecular complexity index is 977. The molecule has 0 aliphatic carbocycles. The van der Waals surface area contributed by atoms with Crippen LogP contribution in [-0.2, 0) is 13.0 Å². The number of halogens is 2. The summed E-state index contributed by atoms with van der Waals surface area (Å²) < 4.78 is 15.8. The molecule has 0 radical (unpaired) electrons. The molecule has 0 spiro atoms. The number of benzene rings is 2. The third kappa shape index (κ3) is 6.29. The van der Waals surface area contributed by atoms with Crippen LogP contribution in [0.1, 0.15) is 16.7 Å². The van der Waals surface area contributed by atoms with Crippen LogP contribution in [0.4, 0.5) is 4.39 Å². The SMILES string of the molecule is CN=C(NCCc1ccc(-n2cccn2)cc1)NCc1ccc(C#N)cc1F.I. The highest BCUT2D eigenvalue weighted by Crippen LogP contribution is 2.10. The van der Waals surface area contributed by atoms with Crippen molar-refractivity contribution >= 4 is 29.9 Å². The smallest absolute Gasteiger partial charge is 0.191 e. The molecule has 0 aliphatic rings. The zero-order chi connectivity index (χ0) is 19.8. The maximum Gasteiger partial charge on any atom is 0.191 e. The number of nitriles is 1. The molecular weight excluding hydrogens is 482 g/mol. The molecule has 0 amide bonds. The molecule has 0 bridgehead atoms. The second-order valence-electron chi connectivity index (χ2n) is 6.14. The molecule has 3 aromatic rings. The summed E-state index contributed by atoms with van der Waals surface area (Å²) in [4.78, 5) is 4.15. The van der Waals surface area contributed by atoms with Gasteiger partial charge < -0.3 is 10.6 Å². The standard InChI is InChI=1S/C21H21FN6.HI/c1-24-21(26-15-18-6-3-17(14-23)13-20(18)22)25-11-9-16-4-7-19(8-5-16)28-12-2-10-27-28;/h2-8,10,12-13H,9,11,15H2,1H3,(H2,24,25,26);1H. The van der Waals surface area contributed by atoms with Gasteiger partial charge in [-0.3, -0.25) is 4.99 Å². The number of hydrogen-bond acceptors (Lipinski definition) is 3. The largest absolute Gasteiger partial charge is 0.356 e. The Hall–Kier alpha value is -2.93. The average Bonchev–Trinajstić information content (AvgIpc) is 3.26. The van der Waals surface area contributed by atoms with Crippen molar-refractivity contribution in [1.82, 2.24) is 20.4 Å². The molecule has 0 saturated heterocycles. The van der Waals surface area contributed by atoms with Gasteiger partial charge in [-0.2, -0.15) is 10.4 Å². The van der Waals surface area contributed by atoms with E-state index in [9.17, 15) is 4.39 Å². The van der Waals surface area contributed by atoms with Crippen molar-refractivity contribution in [3.8, 4) is 11.8 Å². The van der Waals surface area contributed by atoms with E-state index >= 15 is 0 Å². The van der Waals surface area contributed by atoms with Crippen molar-refractivity contribution in [3.05, 3.63) is 83.4 Å². The van der Waals surface area contributed by atoms with Crippen molar-refractivity contribution in [2.24, 2.45) is 4.99 Å². The highest BCUT2D eigenvalue weighted by atomic mass is 127. The Morgan fingerprint density at radius 1 is 1.21 bits per heavy atom. The van der Waals surface area contributed by atoms with Gasteiger partial charge in [-0.1, -0.05) is 18.2 Å². The molecule has 150 valence electrons. The number of nitrogens with one attached hydrogen (secondary N) is 2. The van der Waals surface area contributed by atoms with Gasteiger partial charge in [-0.05, 0) is 42.3 Å². The average molecular weight is 504 g/mol. The lowest BCUT2D eigenvalue weighted by Gasteiger charge is -2.12. The number of hydrogen-bond donors (Lipinski definition) is 2. The normalized spacial score (nSPS) is 10.7. The van der Waals surface area contributed by atoms with E-state index in [1.807, 2.05) is 35.1 Å². The Kier molecular flexibility index (Phi) is 8.61. The van der Waals surface area contributed by atoms with Crippen LogP contribution in [-0.4, -0.2) is 29.3 Å². The molecule has 0 fully saturated rings. The van der Waals surface area contributed by atoms with Crippen molar-refractivity contribution < 1.29 is 4.39 Å². The highest BCUT2D eigenvalue weighted by molar-refractivity contribution is 14.0. The zero-order valence-corrected chi connectivity index (χ0v) is 18.3. The maximum absolute atomic E-state index is 13.9. The number of nitrogens with zero attached hydrogens (tertiary/aromatic N) is 4. The molecule has 0 aliphatic heterocycles.